The highest BCUT2D eigenvalue weighted by molar-refractivity contribution is 7.22. The van der Waals surface area contributed by atoms with Crippen molar-refractivity contribution in [2.75, 3.05) is 41.8 Å². The maximum Gasteiger partial charge on any atom is 0.269 e. The molecule has 1 saturated heterocycles. The lowest BCUT2D eigenvalue weighted by Crippen LogP contribution is -2.42. The van der Waals surface area contributed by atoms with Crippen molar-refractivity contribution in [3.8, 4) is 11.1 Å². The highest BCUT2D eigenvalue weighted by atomic mass is 32.1. The molecule has 204 valence electrons. The van der Waals surface area contributed by atoms with Crippen LogP contribution in [0.25, 0.3) is 21.4 Å². The van der Waals surface area contributed by atoms with Gasteiger partial charge >= 0.3 is 0 Å². The Kier molecular flexibility index (Phi) is 7.26. The summed E-state index contributed by atoms with van der Waals surface area (Å²) in [6.45, 7) is 2.73. The van der Waals surface area contributed by atoms with Gasteiger partial charge in [0, 0.05) is 53.1 Å². The Morgan fingerprint density at radius 2 is 1.92 bits per heavy atom. The molecule has 0 unspecified atom stereocenters. The van der Waals surface area contributed by atoms with E-state index in [0.717, 1.165) is 71.0 Å². The van der Waals surface area contributed by atoms with Crippen LogP contribution < -0.4 is 32.4 Å². The van der Waals surface area contributed by atoms with Crippen LogP contribution in [-0.4, -0.2) is 49.3 Å². The summed E-state index contributed by atoms with van der Waals surface area (Å²) < 4.78 is 12.0. The van der Waals surface area contributed by atoms with Gasteiger partial charge in [-0.05, 0) is 18.9 Å². The largest absolute Gasteiger partial charge is 0.459 e. The number of morpholine rings is 1. The molecule has 10 nitrogen and oxygen atoms in total. The summed E-state index contributed by atoms with van der Waals surface area (Å²) in [6, 6.07) is 3.70. The summed E-state index contributed by atoms with van der Waals surface area (Å²) in [4.78, 5) is 31.7. The number of nitrogens with zero attached hydrogens (tertiary/aromatic N) is 2. The fraction of sp³-hybridized carbons (Fsp3) is 0.370. The number of hydrogen-bond acceptors (Lipinski definition) is 11. The van der Waals surface area contributed by atoms with E-state index in [1.165, 1.54) is 22.7 Å². The van der Waals surface area contributed by atoms with Crippen LogP contribution in [0, 0.1) is 0 Å². The van der Waals surface area contributed by atoms with Crippen molar-refractivity contribution in [1.82, 2.24) is 4.98 Å². The zero-order valence-corrected chi connectivity index (χ0v) is 22.9. The predicted octanol–water partition coefficient (Wildman–Crippen LogP) is 4.34. The molecular weight excluding hydrogens is 536 g/mol. The van der Waals surface area contributed by atoms with Gasteiger partial charge in [0.1, 0.15) is 6.26 Å². The van der Waals surface area contributed by atoms with Crippen LogP contribution in [0.1, 0.15) is 36.2 Å². The molecule has 2 aliphatic rings. The van der Waals surface area contributed by atoms with Gasteiger partial charge in [-0.2, -0.15) is 0 Å². The van der Waals surface area contributed by atoms with Gasteiger partial charge in [0.2, 0.25) is 5.43 Å². The fourth-order valence-electron chi connectivity index (χ4n) is 5.19. The number of ether oxygens (including phenoxy) is 1. The highest BCUT2D eigenvalue weighted by Gasteiger charge is 2.24. The number of fused-ring (bicyclic) bond motifs is 1. The van der Waals surface area contributed by atoms with E-state index in [4.69, 9.17) is 20.6 Å². The number of hydrogen-bond donors (Lipinski definition) is 4. The van der Waals surface area contributed by atoms with Crippen molar-refractivity contribution in [2.24, 2.45) is 11.5 Å². The molecule has 6 rings (SSSR count). The molecule has 0 radical (unpaired) electrons. The topological polar surface area (TPSA) is 149 Å². The summed E-state index contributed by atoms with van der Waals surface area (Å²) in [5.41, 5.74) is 16.0. The number of nitrogens with two attached hydrogens (primary N) is 2. The zero-order chi connectivity index (χ0) is 26.9. The average Bonchev–Trinajstić information content (AvgIpc) is 3.57. The molecule has 0 bridgehead atoms. The molecule has 0 spiro atoms. The Balaban J connectivity index is 1.34. The average molecular weight is 567 g/mol. The van der Waals surface area contributed by atoms with E-state index in [0.29, 0.717) is 24.5 Å². The maximum atomic E-state index is 12.9. The van der Waals surface area contributed by atoms with Crippen LogP contribution in [0.5, 0.6) is 0 Å². The number of amides is 1. The van der Waals surface area contributed by atoms with Gasteiger partial charge in [0.15, 0.2) is 11.3 Å². The molecule has 39 heavy (non-hydrogen) atoms. The van der Waals surface area contributed by atoms with E-state index in [9.17, 15) is 9.59 Å². The predicted molar refractivity (Wildman–Crippen MR) is 157 cm³/mol. The summed E-state index contributed by atoms with van der Waals surface area (Å²) in [6.07, 6.45) is 7.46. The number of aromatic nitrogens is 1. The third-order valence-electron chi connectivity index (χ3n) is 7.27. The monoisotopic (exact) mass is 566 g/mol. The van der Waals surface area contributed by atoms with Gasteiger partial charge < -0.3 is 36.2 Å². The van der Waals surface area contributed by atoms with Crippen molar-refractivity contribution in [2.45, 2.75) is 37.8 Å². The molecule has 0 aromatic carbocycles. The Hall–Kier alpha value is -3.45. The first kappa shape index (κ1) is 25.8. The number of rotatable bonds is 7. The first-order valence-electron chi connectivity index (χ1n) is 13.0. The van der Waals surface area contributed by atoms with Crippen molar-refractivity contribution < 1.29 is 13.9 Å². The van der Waals surface area contributed by atoms with E-state index in [1.54, 1.807) is 18.5 Å². The van der Waals surface area contributed by atoms with Crippen LogP contribution in [-0.2, 0) is 4.74 Å². The first-order chi connectivity index (χ1) is 19.0. The summed E-state index contributed by atoms with van der Waals surface area (Å²) in [5, 5.41) is 11.7. The van der Waals surface area contributed by atoms with Gasteiger partial charge in [-0.3, -0.25) is 9.59 Å². The molecule has 1 aliphatic heterocycles. The number of carbonyl (C=O) groups excluding carboxylic acids is 1. The molecule has 2 fully saturated rings. The molecule has 6 N–H and O–H groups in total. The number of thiophene rings is 1. The van der Waals surface area contributed by atoms with E-state index in [1.807, 2.05) is 16.8 Å². The second-order valence-electron chi connectivity index (χ2n) is 9.86. The Bertz CT molecular complexity index is 1560. The third-order valence-corrected chi connectivity index (χ3v) is 9.21. The van der Waals surface area contributed by atoms with E-state index >= 15 is 0 Å². The second kappa shape index (κ2) is 11.0. The van der Waals surface area contributed by atoms with Crippen LogP contribution in [0.2, 0.25) is 0 Å². The molecule has 1 saturated carbocycles. The zero-order valence-electron chi connectivity index (χ0n) is 21.3. The minimum absolute atomic E-state index is 0.0679. The van der Waals surface area contributed by atoms with E-state index < -0.39 is 5.91 Å². The molecule has 1 aliphatic carbocycles. The lowest BCUT2D eigenvalue weighted by Gasteiger charge is -2.30. The van der Waals surface area contributed by atoms with Crippen molar-refractivity contribution >= 4 is 60.9 Å². The summed E-state index contributed by atoms with van der Waals surface area (Å²) in [5.74, 6) is -0.627. The quantitative estimate of drug-likeness (QED) is 0.256. The summed E-state index contributed by atoms with van der Waals surface area (Å²) >= 11 is 3.03. The van der Waals surface area contributed by atoms with Gasteiger partial charge in [0.25, 0.3) is 5.91 Å². The number of nitrogens with one attached hydrogen (secondary N) is 2. The number of pyridine rings is 1. The number of carbonyl (C=O) groups is 1. The fourth-order valence-corrected chi connectivity index (χ4v) is 7.17. The number of primary amides is 1. The molecule has 1 amide bonds. The van der Waals surface area contributed by atoms with Gasteiger partial charge in [-0.15, -0.1) is 22.7 Å². The van der Waals surface area contributed by atoms with Gasteiger partial charge in [-0.25, -0.2) is 4.98 Å². The van der Waals surface area contributed by atoms with Crippen LogP contribution >= 0.6 is 22.7 Å². The maximum absolute atomic E-state index is 12.9. The van der Waals surface area contributed by atoms with Crippen LogP contribution in [0.3, 0.4) is 0 Å². The molecular formula is C27H30N6O4S2. The molecule has 4 aromatic heterocycles. The second-order valence-corrected chi connectivity index (χ2v) is 11.6. The van der Waals surface area contributed by atoms with E-state index in [2.05, 4.69) is 20.5 Å². The van der Waals surface area contributed by atoms with Crippen molar-refractivity contribution in [3.63, 3.8) is 0 Å². The van der Waals surface area contributed by atoms with Gasteiger partial charge in [-0.1, -0.05) is 12.8 Å². The smallest absolute Gasteiger partial charge is 0.269 e. The normalized spacial score (nSPS) is 19.8. The first-order valence-corrected chi connectivity index (χ1v) is 14.8. The summed E-state index contributed by atoms with van der Waals surface area (Å²) in [7, 11) is 0. The number of anilines is 4. The Labute approximate surface area is 233 Å². The Morgan fingerprint density at radius 3 is 2.72 bits per heavy atom. The molecule has 2 atom stereocenters. The molecule has 4 aromatic rings. The number of furan rings is 1. The minimum Gasteiger partial charge on any atom is -0.459 e. The third kappa shape index (κ3) is 5.24. The Morgan fingerprint density at radius 1 is 1.10 bits per heavy atom. The van der Waals surface area contributed by atoms with Crippen LogP contribution in [0.4, 0.5) is 22.1 Å². The minimum atomic E-state index is -0.627. The lowest BCUT2D eigenvalue weighted by molar-refractivity contribution is 0.0996. The van der Waals surface area contributed by atoms with Crippen LogP contribution in [0.15, 0.2) is 44.6 Å². The molecule has 5 heterocycles. The lowest BCUT2D eigenvalue weighted by atomic mass is 9.91. The SMILES string of the molecule is NC(=O)c1ncc(N[C@H]2CCCC[C@H]2N)cc1Nc1cscc1-c1coc2c(=O)cc(N3CCOCC3)sc12. The van der Waals surface area contributed by atoms with Crippen molar-refractivity contribution in [3.05, 3.63) is 51.3 Å². The van der Waals surface area contributed by atoms with Crippen molar-refractivity contribution in [1.29, 1.82) is 0 Å². The van der Waals surface area contributed by atoms with E-state index in [-0.39, 0.29) is 23.2 Å². The molecule has 12 heteroatoms. The highest BCUT2D eigenvalue weighted by Crippen LogP contribution is 2.42. The standard InChI is InChI=1S/C27H30N6O4S2/c28-18-3-1-2-4-19(18)31-15-9-20(24(27(29)35)30-11-15)32-21-14-38-13-17(21)16-12-37-25-22(34)10-23(39-26(16)25)33-5-7-36-8-6-33/h9-14,18-19,31-32H,1-8,28H2,(H2,29,35)/t18-,19+/m1/s1. The van der Waals surface area contributed by atoms with Gasteiger partial charge in [0.05, 0.1) is 46.2 Å².